The predicted molar refractivity (Wildman–Crippen MR) is 93.8 cm³/mol. The Morgan fingerprint density at radius 2 is 2.00 bits per heavy atom. The van der Waals surface area contributed by atoms with Gasteiger partial charge >= 0.3 is 6.09 Å². The van der Waals surface area contributed by atoms with Crippen LogP contribution in [0.3, 0.4) is 0 Å². The Morgan fingerprint density at radius 3 is 2.56 bits per heavy atom. The molecule has 1 saturated heterocycles. The van der Waals surface area contributed by atoms with E-state index < -0.39 is 30.3 Å². The minimum absolute atomic E-state index is 0.0829. The first kappa shape index (κ1) is 19.2. The number of carbonyl (C=O) groups is 2. The van der Waals surface area contributed by atoms with Gasteiger partial charge in [-0.3, -0.25) is 4.79 Å². The molecule has 1 N–H and O–H groups in total. The first-order valence-electron chi connectivity index (χ1n) is 8.64. The molecule has 6 heteroatoms. The van der Waals surface area contributed by atoms with E-state index in [1.54, 1.807) is 25.7 Å². The van der Waals surface area contributed by atoms with Crippen molar-refractivity contribution < 1.29 is 18.7 Å². The van der Waals surface area contributed by atoms with Crippen molar-refractivity contribution in [3.63, 3.8) is 0 Å². The minimum Gasteiger partial charge on any atom is -0.444 e. The largest absolute Gasteiger partial charge is 0.444 e. The highest BCUT2D eigenvalue weighted by molar-refractivity contribution is 5.83. The van der Waals surface area contributed by atoms with Gasteiger partial charge in [0.2, 0.25) is 5.91 Å². The van der Waals surface area contributed by atoms with Crippen LogP contribution in [0.25, 0.3) is 0 Å². The fraction of sp³-hybridized carbons (Fsp3) is 0.579. The number of likely N-dealkylation sites (tertiary alicyclic amines) is 1. The Morgan fingerprint density at radius 1 is 1.36 bits per heavy atom. The number of ether oxygens (including phenoxy) is 1. The van der Waals surface area contributed by atoms with E-state index >= 15 is 0 Å². The molecule has 0 aromatic heterocycles. The van der Waals surface area contributed by atoms with Crippen LogP contribution in [-0.4, -0.2) is 41.8 Å². The molecule has 1 aromatic rings. The number of carbonyl (C=O) groups excluding carboxylic acids is 2. The summed E-state index contributed by atoms with van der Waals surface area (Å²) in [5, 5.41) is 2.51. The van der Waals surface area contributed by atoms with Gasteiger partial charge in [-0.25, -0.2) is 9.18 Å². The number of nitrogens with one attached hydrogen (secondary N) is 1. The Balaban J connectivity index is 2.02. The molecule has 1 aliphatic heterocycles. The lowest BCUT2D eigenvalue weighted by atomic mass is 9.99. The van der Waals surface area contributed by atoms with Gasteiger partial charge in [0.05, 0.1) is 18.0 Å². The number of benzene rings is 1. The molecular formula is C19H27FN2O3. The van der Waals surface area contributed by atoms with Crippen LogP contribution < -0.4 is 5.32 Å². The first-order valence-corrected chi connectivity index (χ1v) is 8.64. The number of hydrogen-bond acceptors (Lipinski definition) is 3. The van der Waals surface area contributed by atoms with Crippen molar-refractivity contribution in [1.82, 2.24) is 10.2 Å². The maximum atomic E-state index is 13.5. The number of nitrogens with zero attached hydrogens (tertiary/aromatic N) is 1. The van der Waals surface area contributed by atoms with E-state index in [4.69, 9.17) is 4.74 Å². The molecule has 0 radical (unpaired) electrons. The molecule has 0 bridgehead atoms. The molecule has 25 heavy (non-hydrogen) atoms. The number of rotatable bonds is 5. The second-order valence-corrected chi connectivity index (χ2v) is 7.42. The second-order valence-electron chi connectivity index (χ2n) is 7.42. The summed E-state index contributed by atoms with van der Waals surface area (Å²) in [6.07, 6.45) is -0.182. The maximum Gasteiger partial charge on any atom is 0.407 e. The van der Waals surface area contributed by atoms with Gasteiger partial charge in [-0.15, -0.1) is 0 Å². The molecule has 2 amide bonds. The van der Waals surface area contributed by atoms with Gasteiger partial charge in [-0.05, 0) is 39.7 Å². The molecule has 2 rings (SSSR count). The number of alkyl carbamates (subject to hydrolysis) is 1. The van der Waals surface area contributed by atoms with Crippen LogP contribution in [0.15, 0.2) is 30.3 Å². The monoisotopic (exact) mass is 350 g/mol. The maximum absolute atomic E-state index is 13.5. The topological polar surface area (TPSA) is 58.6 Å². The minimum atomic E-state index is -0.865. The quantitative estimate of drug-likeness (QED) is 0.885. The standard InChI is InChI=1S/C19H27FN2O3/c1-13(14-8-6-5-7-9-14)22-11-10-15(17(22)23)16(12-20)21-18(24)25-19(2,3)4/h5-9,13,15-16H,10-12H2,1-4H3,(H,21,24)/t13-,15+,16-/m1/s1. The molecule has 0 saturated carbocycles. The van der Waals surface area contributed by atoms with E-state index in [2.05, 4.69) is 5.32 Å². The van der Waals surface area contributed by atoms with Crippen LogP contribution in [0.1, 0.15) is 45.7 Å². The smallest absolute Gasteiger partial charge is 0.407 e. The molecule has 1 fully saturated rings. The summed E-state index contributed by atoms with van der Waals surface area (Å²) >= 11 is 0. The van der Waals surface area contributed by atoms with E-state index in [9.17, 15) is 14.0 Å². The summed E-state index contributed by atoms with van der Waals surface area (Å²) in [6.45, 7) is 6.92. The molecule has 1 heterocycles. The van der Waals surface area contributed by atoms with Crippen molar-refractivity contribution in [3.05, 3.63) is 35.9 Å². The zero-order valence-corrected chi connectivity index (χ0v) is 15.3. The van der Waals surface area contributed by atoms with Crippen molar-refractivity contribution in [2.24, 2.45) is 5.92 Å². The highest BCUT2D eigenvalue weighted by Gasteiger charge is 2.40. The van der Waals surface area contributed by atoms with Gasteiger partial charge in [0, 0.05) is 6.54 Å². The third kappa shape index (κ3) is 4.94. The summed E-state index contributed by atoms with van der Waals surface area (Å²) in [7, 11) is 0. The van der Waals surface area contributed by atoms with Crippen LogP contribution in [-0.2, 0) is 9.53 Å². The molecular weight excluding hydrogens is 323 g/mol. The molecule has 0 unspecified atom stereocenters. The van der Waals surface area contributed by atoms with Crippen LogP contribution in [0.4, 0.5) is 9.18 Å². The van der Waals surface area contributed by atoms with Crippen molar-refractivity contribution in [2.75, 3.05) is 13.2 Å². The lowest BCUT2D eigenvalue weighted by molar-refractivity contribution is -0.133. The molecule has 0 aliphatic carbocycles. The third-order valence-electron chi connectivity index (χ3n) is 4.38. The van der Waals surface area contributed by atoms with Crippen molar-refractivity contribution in [2.45, 2.75) is 51.8 Å². The molecule has 1 aliphatic rings. The Labute approximate surface area is 148 Å². The number of halogens is 1. The van der Waals surface area contributed by atoms with Crippen molar-refractivity contribution in [3.8, 4) is 0 Å². The summed E-state index contributed by atoms with van der Waals surface area (Å²) in [4.78, 5) is 26.4. The van der Waals surface area contributed by atoms with Crippen molar-refractivity contribution >= 4 is 12.0 Å². The van der Waals surface area contributed by atoms with Crippen LogP contribution >= 0.6 is 0 Å². The van der Waals surface area contributed by atoms with Gasteiger partial charge in [-0.1, -0.05) is 30.3 Å². The van der Waals surface area contributed by atoms with Gasteiger partial charge < -0.3 is 15.0 Å². The average molecular weight is 350 g/mol. The zero-order valence-electron chi connectivity index (χ0n) is 15.3. The number of alkyl halides is 1. The highest BCUT2D eigenvalue weighted by Crippen LogP contribution is 2.30. The third-order valence-corrected chi connectivity index (χ3v) is 4.38. The van der Waals surface area contributed by atoms with E-state index in [0.29, 0.717) is 13.0 Å². The van der Waals surface area contributed by atoms with Crippen LogP contribution in [0, 0.1) is 5.92 Å². The van der Waals surface area contributed by atoms with Crippen molar-refractivity contribution in [1.29, 1.82) is 0 Å². The highest BCUT2D eigenvalue weighted by atomic mass is 19.1. The fourth-order valence-electron chi connectivity index (χ4n) is 3.10. The summed E-state index contributed by atoms with van der Waals surface area (Å²) < 4.78 is 18.7. The summed E-state index contributed by atoms with van der Waals surface area (Å²) in [6, 6.07) is 8.77. The summed E-state index contributed by atoms with van der Waals surface area (Å²) in [5.41, 5.74) is 0.367. The lowest BCUT2D eigenvalue weighted by Crippen LogP contribution is -2.47. The fourth-order valence-corrected chi connectivity index (χ4v) is 3.10. The normalized spacial score (nSPS) is 20.3. The van der Waals surface area contributed by atoms with Gasteiger partial charge in [0.1, 0.15) is 12.3 Å². The second kappa shape index (κ2) is 7.85. The molecule has 3 atom stereocenters. The molecule has 138 valence electrons. The number of amides is 2. The lowest BCUT2D eigenvalue weighted by Gasteiger charge is -2.27. The SMILES string of the molecule is C[C@H](c1ccccc1)N1CC[C@@H]([C@@H](CF)NC(=O)OC(C)(C)C)C1=O. The summed E-state index contributed by atoms with van der Waals surface area (Å²) in [5.74, 6) is -0.696. The van der Waals surface area contributed by atoms with E-state index in [1.807, 2.05) is 37.3 Å². The molecule has 0 spiro atoms. The molecule has 1 aromatic carbocycles. The van der Waals surface area contributed by atoms with Crippen LogP contribution in [0.5, 0.6) is 0 Å². The molecule has 5 nitrogen and oxygen atoms in total. The first-order chi connectivity index (χ1) is 11.7. The zero-order chi connectivity index (χ0) is 18.6. The van der Waals surface area contributed by atoms with Crippen LogP contribution in [0.2, 0.25) is 0 Å². The van der Waals surface area contributed by atoms with E-state index in [1.165, 1.54) is 0 Å². The Hall–Kier alpha value is -2.11. The van der Waals surface area contributed by atoms with Gasteiger partial charge in [0.15, 0.2) is 0 Å². The number of hydrogen-bond donors (Lipinski definition) is 1. The van der Waals surface area contributed by atoms with Gasteiger partial charge in [-0.2, -0.15) is 0 Å². The average Bonchev–Trinajstić information content (AvgIpc) is 2.92. The van der Waals surface area contributed by atoms with Gasteiger partial charge in [0.25, 0.3) is 0 Å². The predicted octanol–water partition coefficient (Wildman–Crippen LogP) is 3.46. The Bertz CT molecular complexity index is 600. The van der Waals surface area contributed by atoms with E-state index in [0.717, 1.165) is 5.56 Å². The Kier molecular flexibility index (Phi) is 6.03. The van der Waals surface area contributed by atoms with E-state index in [-0.39, 0.29) is 11.9 Å².